The fraction of sp³-hybridized carbons (Fsp3) is 0.222. The van der Waals surface area contributed by atoms with Gasteiger partial charge in [-0.1, -0.05) is 53.1 Å². The minimum Gasteiger partial charge on any atom is -0.545 e. The monoisotopic (exact) mass is 562 g/mol. The second-order valence-electron chi connectivity index (χ2n) is 7.82. The number of carboxylic acid groups (broad SMARTS) is 3. The second-order valence-corrected chi connectivity index (χ2v) is 7.82. The third-order valence-electron chi connectivity index (χ3n) is 4.84. The first-order valence-corrected chi connectivity index (χ1v) is 10.2. The van der Waals surface area contributed by atoms with Crippen LogP contribution in [0.2, 0.25) is 0 Å². The summed E-state index contributed by atoms with van der Waals surface area (Å²) in [4.78, 5) is 31.4. The van der Waals surface area contributed by atoms with Crippen LogP contribution in [0.15, 0.2) is 54.6 Å². The Morgan fingerprint density at radius 2 is 0.676 bits per heavy atom. The zero-order valence-corrected chi connectivity index (χ0v) is 23.5. The maximum atomic E-state index is 10.5. The summed E-state index contributed by atoms with van der Waals surface area (Å²) < 4.78 is 0. The molecule has 0 saturated heterocycles. The van der Waals surface area contributed by atoms with Gasteiger partial charge in [0.15, 0.2) is 0 Å². The molecule has 174 valence electrons. The van der Waals surface area contributed by atoms with Crippen LogP contribution in [0.3, 0.4) is 0 Å². The number of hydrogen-bond donors (Lipinski definition) is 0. The SMILES string of the molecule is Cc1ccc(C)c(C(=O)[O-])c1.Cc1ccc(C)c(C(=O)[O-])c1.Cc1ccc(C)c(C(=O)[O-])c1.[In+3]. The van der Waals surface area contributed by atoms with E-state index in [0.717, 1.165) is 33.4 Å². The molecule has 0 fully saturated rings. The smallest absolute Gasteiger partial charge is 0.545 e. The number of rotatable bonds is 3. The van der Waals surface area contributed by atoms with Gasteiger partial charge in [-0.15, -0.1) is 0 Å². The van der Waals surface area contributed by atoms with Gasteiger partial charge >= 0.3 is 25.8 Å². The molecule has 0 saturated carbocycles. The molecule has 0 spiro atoms. The van der Waals surface area contributed by atoms with Crippen molar-refractivity contribution in [2.75, 3.05) is 0 Å². The van der Waals surface area contributed by atoms with Crippen LogP contribution in [-0.4, -0.2) is 43.8 Å². The average molecular weight is 562 g/mol. The molecule has 0 radical (unpaired) electrons. The third kappa shape index (κ3) is 9.83. The molecule has 0 aliphatic heterocycles. The van der Waals surface area contributed by atoms with Gasteiger partial charge in [-0.25, -0.2) is 0 Å². The van der Waals surface area contributed by atoms with Crippen molar-refractivity contribution < 1.29 is 29.7 Å². The van der Waals surface area contributed by atoms with E-state index in [1.165, 1.54) is 0 Å². The summed E-state index contributed by atoms with van der Waals surface area (Å²) in [5.74, 6) is -3.32. The van der Waals surface area contributed by atoms with E-state index < -0.39 is 17.9 Å². The van der Waals surface area contributed by atoms with Crippen molar-refractivity contribution >= 4 is 43.8 Å². The second kappa shape index (κ2) is 14.3. The molecule has 0 heterocycles. The van der Waals surface area contributed by atoms with Gasteiger partial charge < -0.3 is 29.7 Å². The number of aryl methyl sites for hydroxylation is 6. The average Bonchev–Trinajstić information content (AvgIpc) is 2.73. The standard InChI is InChI=1S/3C9H10O2.In/c3*1-6-3-4-7(2)8(5-6)9(10)11;/h3*3-5H,1-2H3,(H,10,11);/q;;;+3/p-3. The van der Waals surface area contributed by atoms with E-state index in [-0.39, 0.29) is 42.5 Å². The van der Waals surface area contributed by atoms with Crippen molar-refractivity contribution in [3.05, 3.63) is 105 Å². The summed E-state index contributed by atoms with van der Waals surface area (Å²) in [7, 11) is 0. The topological polar surface area (TPSA) is 120 Å². The van der Waals surface area contributed by atoms with Crippen LogP contribution in [0.1, 0.15) is 64.5 Å². The fourth-order valence-electron chi connectivity index (χ4n) is 2.87. The summed E-state index contributed by atoms with van der Waals surface area (Å²) in [6.07, 6.45) is 0. The quantitative estimate of drug-likeness (QED) is 0.479. The zero-order valence-electron chi connectivity index (χ0n) is 20.2. The Labute approximate surface area is 219 Å². The summed E-state index contributed by atoms with van der Waals surface area (Å²) in [5.41, 5.74) is 5.90. The molecular formula is C27H27InO6. The molecule has 3 aromatic carbocycles. The number of benzene rings is 3. The minimum atomic E-state index is -1.11. The zero-order chi connectivity index (χ0) is 25.3. The fourth-order valence-corrected chi connectivity index (χ4v) is 2.87. The van der Waals surface area contributed by atoms with E-state index in [1.54, 1.807) is 57.2 Å². The van der Waals surface area contributed by atoms with Crippen molar-refractivity contribution in [1.29, 1.82) is 0 Å². The largest absolute Gasteiger partial charge is 3.00 e. The summed E-state index contributed by atoms with van der Waals surface area (Å²) in [6, 6.07) is 15.8. The Balaban J connectivity index is 0.000000473. The van der Waals surface area contributed by atoms with Crippen LogP contribution in [0.4, 0.5) is 0 Å². The van der Waals surface area contributed by atoms with Gasteiger partial charge in [0.25, 0.3) is 0 Å². The van der Waals surface area contributed by atoms with E-state index in [4.69, 9.17) is 0 Å². The van der Waals surface area contributed by atoms with E-state index in [1.807, 2.05) is 39.0 Å². The van der Waals surface area contributed by atoms with Crippen molar-refractivity contribution in [2.24, 2.45) is 0 Å². The van der Waals surface area contributed by atoms with Crippen molar-refractivity contribution in [3.63, 3.8) is 0 Å². The minimum absolute atomic E-state index is 0. The van der Waals surface area contributed by atoms with Gasteiger partial charge in [-0.05, 0) is 76.4 Å². The molecule has 7 heteroatoms. The van der Waals surface area contributed by atoms with Gasteiger partial charge in [-0.2, -0.15) is 0 Å². The number of aromatic carboxylic acids is 3. The van der Waals surface area contributed by atoms with Gasteiger partial charge in [0.1, 0.15) is 0 Å². The first-order chi connectivity index (χ1) is 15.3. The van der Waals surface area contributed by atoms with Gasteiger partial charge in [0, 0.05) is 16.7 Å². The van der Waals surface area contributed by atoms with Gasteiger partial charge in [0.2, 0.25) is 0 Å². The molecule has 0 atom stereocenters. The van der Waals surface area contributed by atoms with E-state index >= 15 is 0 Å². The van der Waals surface area contributed by atoms with Crippen LogP contribution in [0, 0.1) is 41.5 Å². The van der Waals surface area contributed by atoms with Crippen LogP contribution >= 0.6 is 0 Å². The van der Waals surface area contributed by atoms with Crippen LogP contribution < -0.4 is 15.3 Å². The number of carbonyl (C=O) groups is 3. The summed E-state index contributed by atoms with van der Waals surface area (Å²) in [6.45, 7) is 10.8. The predicted molar refractivity (Wildman–Crippen MR) is 126 cm³/mol. The predicted octanol–water partition coefficient (Wildman–Crippen LogP) is 1.62. The Bertz CT molecular complexity index is 1020. The maximum absolute atomic E-state index is 10.5. The molecular weight excluding hydrogens is 535 g/mol. The van der Waals surface area contributed by atoms with Crippen LogP contribution in [0.5, 0.6) is 0 Å². The van der Waals surface area contributed by atoms with E-state index in [2.05, 4.69) is 0 Å². The Morgan fingerprint density at radius 1 is 0.471 bits per heavy atom. The molecule has 0 amide bonds. The van der Waals surface area contributed by atoms with Gasteiger partial charge in [0.05, 0.1) is 17.9 Å². The molecule has 0 unspecified atom stereocenters. The van der Waals surface area contributed by atoms with Crippen LogP contribution in [0.25, 0.3) is 0 Å². The number of carboxylic acids is 3. The third-order valence-corrected chi connectivity index (χ3v) is 4.84. The molecule has 3 rings (SSSR count). The molecule has 0 aliphatic carbocycles. The maximum Gasteiger partial charge on any atom is 3.00 e. The normalized spacial score (nSPS) is 9.35. The molecule has 0 bridgehead atoms. The van der Waals surface area contributed by atoms with Crippen molar-refractivity contribution in [3.8, 4) is 0 Å². The molecule has 0 aromatic heterocycles. The summed E-state index contributed by atoms with van der Waals surface area (Å²) in [5, 5.41) is 31.4. The molecule has 6 nitrogen and oxygen atoms in total. The Hall–Kier alpha value is -3.06. The Kier molecular flexibility index (Phi) is 13.0. The molecule has 0 aliphatic rings. The van der Waals surface area contributed by atoms with Crippen LogP contribution in [-0.2, 0) is 0 Å². The Morgan fingerprint density at radius 3 is 0.824 bits per heavy atom. The number of hydrogen-bond acceptors (Lipinski definition) is 6. The van der Waals surface area contributed by atoms with E-state index in [0.29, 0.717) is 0 Å². The first-order valence-electron chi connectivity index (χ1n) is 10.2. The van der Waals surface area contributed by atoms with Gasteiger partial charge in [-0.3, -0.25) is 0 Å². The molecule has 3 aromatic rings. The summed E-state index contributed by atoms with van der Waals surface area (Å²) >= 11 is 0. The first kappa shape index (κ1) is 30.9. The molecule has 0 N–H and O–H groups in total. The number of carbonyl (C=O) groups excluding carboxylic acids is 3. The van der Waals surface area contributed by atoms with Crippen molar-refractivity contribution in [1.82, 2.24) is 0 Å². The van der Waals surface area contributed by atoms with E-state index in [9.17, 15) is 29.7 Å². The molecule has 34 heavy (non-hydrogen) atoms. The van der Waals surface area contributed by atoms with Crippen molar-refractivity contribution in [2.45, 2.75) is 41.5 Å².